The smallest absolute Gasteiger partial charge is 0.0859 e. The summed E-state index contributed by atoms with van der Waals surface area (Å²) in [4.78, 5) is 6.73. The Bertz CT molecular complexity index is 2000. The Balaban J connectivity index is 1.34. The zero-order chi connectivity index (χ0) is 28.6. The number of anilines is 2. The van der Waals surface area contributed by atoms with Crippen molar-refractivity contribution in [3.05, 3.63) is 144 Å². The van der Waals surface area contributed by atoms with Gasteiger partial charge in [0.25, 0.3) is 0 Å². The summed E-state index contributed by atoms with van der Waals surface area (Å²) < 4.78 is 0. The van der Waals surface area contributed by atoms with Crippen LogP contribution in [0.5, 0.6) is 0 Å². The number of aryl methyl sites for hydroxylation is 1. The number of rotatable bonds is 5. The normalized spacial score (nSPS) is 12.4. The molecule has 1 aliphatic rings. The van der Waals surface area contributed by atoms with Crippen LogP contribution in [0, 0.1) is 6.92 Å². The van der Waals surface area contributed by atoms with Crippen LogP contribution in [0.25, 0.3) is 50.2 Å². The molecule has 6 aromatic rings. The van der Waals surface area contributed by atoms with Crippen molar-refractivity contribution in [3.63, 3.8) is 0 Å². The Morgan fingerprint density at radius 1 is 0.643 bits per heavy atom. The van der Waals surface area contributed by atoms with Gasteiger partial charge in [-0.05, 0) is 118 Å². The first-order valence-corrected chi connectivity index (χ1v) is 14.5. The van der Waals surface area contributed by atoms with E-state index in [4.69, 9.17) is 0 Å². The van der Waals surface area contributed by atoms with Gasteiger partial charge in [0.2, 0.25) is 0 Å². The number of para-hydroxylation sites is 2. The number of aliphatic imine (C=N–C) groups is 1. The fourth-order valence-electron chi connectivity index (χ4n) is 6.17. The molecule has 2 heteroatoms. The first kappa shape index (κ1) is 25.7. The van der Waals surface area contributed by atoms with E-state index in [1.165, 1.54) is 66.5 Å². The summed E-state index contributed by atoms with van der Waals surface area (Å²) in [6.07, 6.45) is 4.27. The molecule has 1 aliphatic heterocycles. The van der Waals surface area contributed by atoms with Crippen LogP contribution in [0.1, 0.15) is 23.6 Å². The molecule has 0 saturated carbocycles. The van der Waals surface area contributed by atoms with E-state index < -0.39 is 0 Å². The third kappa shape index (κ3) is 4.52. The maximum absolute atomic E-state index is 4.35. The van der Waals surface area contributed by atoms with E-state index in [9.17, 15) is 0 Å². The van der Waals surface area contributed by atoms with E-state index >= 15 is 0 Å². The van der Waals surface area contributed by atoms with Crippen molar-refractivity contribution in [2.75, 3.05) is 4.90 Å². The molecule has 0 radical (unpaired) electrons. The summed E-state index contributed by atoms with van der Waals surface area (Å²) in [5.74, 6) is 0. The molecule has 2 nitrogen and oxygen atoms in total. The monoisotopic (exact) mass is 540 g/mol. The van der Waals surface area contributed by atoms with Crippen LogP contribution in [0.4, 0.5) is 17.1 Å². The fraction of sp³-hybridized carbons (Fsp3) is 0.0750. The molecule has 202 valence electrons. The highest BCUT2D eigenvalue weighted by molar-refractivity contribution is 5.97. The minimum atomic E-state index is 0.777. The molecular formula is C40H32N2. The molecular weight excluding hydrogens is 508 g/mol. The SMILES string of the molecule is C=Nc1ccccc1N1Cc2cc3ccccc3cc2-c2cc(-c3ccc(-c4ccc(C)c(/C=C\C)c4)cc3)ccc21. The number of allylic oxidation sites excluding steroid dienone is 1. The van der Waals surface area contributed by atoms with Crippen molar-refractivity contribution in [2.45, 2.75) is 20.4 Å². The van der Waals surface area contributed by atoms with Gasteiger partial charge in [0, 0.05) is 17.8 Å². The third-order valence-electron chi connectivity index (χ3n) is 8.40. The van der Waals surface area contributed by atoms with Crippen LogP contribution in [-0.4, -0.2) is 6.72 Å². The van der Waals surface area contributed by atoms with Gasteiger partial charge in [-0.15, -0.1) is 0 Å². The average Bonchev–Trinajstić information content (AvgIpc) is 3.04. The zero-order valence-electron chi connectivity index (χ0n) is 24.0. The van der Waals surface area contributed by atoms with Gasteiger partial charge in [-0.1, -0.05) is 91.0 Å². The molecule has 0 aliphatic carbocycles. The van der Waals surface area contributed by atoms with E-state index in [1.54, 1.807) is 0 Å². The second kappa shape index (κ2) is 10.6. The number of benzene rings is 6. The highest BCUT2D eigenvalue weighted by Crippen LogP contribution is 2.47. The Hall–Kier alpha value is -5.21. The van der Waals surface area contributed by atoms with Crippen molar-refractivity contribution in [3.8, 4) is 33.4 Å². The predicted octanol–water partition coefficient (Wildman–Crippen LogP) is 11.2. The maximum Gasteiger partial charge on any atom is 0.0859 e. The standard InChI is InChI=1S/C40H32N2/c1-4-9-30-22-33(15-14-27(30)2)28-16-18-29(19-17-28)34-20-21-39-37(25-34)36-24-32-11-6-5-10-31(32)23-35(36)26-42(39)40-13-8-7-12-38(40)41-3/h4-25H,3,26H2,1-2H3/b9-4-. The third-order valence-corrected chi connectivity index (χ3v) is 8.40. The van der Waals surface area contributed by atoms with E-state index in [1.807, 2.05) is 12.1 Å². The predicted molar refractivity (Wildman–Crippen MR) is 181 cm³/mol. The van der Waals surface area contributed by atoms with E-state index in [0.717, 1.165) is 17.9 Å². The lowest BCUT2D eigenvalue weighted by Gasteiger charge is -2.34. The minimum absolute atomic E-state index is 0.777. The van der Waals surface area contributed by atoms with E-state index in [-0.39, 0.29) is 0 Å². The molecule has 0 saturated heterocycles. The van der Waals surface area contributed by atoms with Gasteiger partial charge in [-0.3, -0.25) is 4.99 Å². The lowest BCUT2D eigenvalue weighted by molar-refractivity contribution is 0.963. The Labute approximate surface area is 247 Å². The molecule has 0 bridgehead atoms. The van der Waals surface area contributed by atoms with Gasteiger partial charge >= 0.3 is 0 Å². The number of hydrogen-bond acceptors (Lipinski definition) is 2. The molecule has 0 atom stereocenters. The summed E-state index contributed by atoms with van der Waals surface area (Å²) in [7, 11) is 0. The van der Waals surface area contributed by atoms with Crippen molar-refractivity contribution >= 4 is 40.6 Å². The van der Waals surface area contributed by atoms with Gasteiger partial charge in [0.05, 0.1) is 11.4 Å². The first-order valence-electron chi connectivity index (χ1n) is 14.5. The zero-order valence-corrected chi connectivity index (χ0v) is 24.0. The van der Waals surface area contributed by atoms with Crippen molar-refractivity contribution < 1.29 is 0 Å². The number of fused-ring (bicyclic) bond motifs is 4. The topological polar surface area (TPSA) is 15.6 Å². The van der Waals surface area contributed by atoms with Crippen LogP contribution in [0.15, 0.2) is 132 Å². The van der Waals surface area contributed by atoms with Crippen LogP contribution in [-0.2, 0) is 6.54 Å². The van der Waals surface area contributed by atoms with Crippen LogP contribution < -0.4 is 4.90 Å². The van der Waals surface area contributed by atoms with Gasteiger partial charge < -0.3 is 4.90 Å². The van der Waals surface area contributed by atoms with Gasteiger partial charge in [-0.2, -0.15) is 0 Å². The van der Waals surface area contributed by atoms with Crippen molar-refractivity contribution in [1.29, 1.82) is 0 Å². The molecule has 7 rings (SSSR count). The summed E-state index contributed by atoms with van der Waals surface area (Å²) in [6.45, 7) is 8.85. The molecule has 1 heterocycles. The molecule has 42 heavy (non-hydrogen) atoms. The van der Waals surface area contributed by atoms with E-state index in [0.29, 0.717) is 0 Å². The summed E-state index contributed by atoms with van der Waals surface area (Å²) in [5, 5.41) is 2.52. The second-order valence-corrected chi connectivity index (χ2v) is 11.0. The lowest BCUT2D eigenvalue weighted by Crippen LogP contribution is -2.21. The van der Waals surface area contributed by atoms with Crippen LogP contribution in [0.2, 0.25) is 0 Å². The minimum Gasteiger partial charge on any atom is -0.335 e. The largest absolute Gasteiger partial charge is 0.335 e. The molecule has 0 aromatic heterocycles. The summed E-state index contributed by atoms with van der Waals surface area (Å²) in [6, 6.07) is 44.1. The molecule has 0 fully saturated rings. The maximum atomic E-state index is 4.35. The Morgan fingerprint density at radius 3 is 2.02 bits per heavy atom. The van der Waals surface area contributed by atoms with Crippen molar-refractivity contribution in [2.24, 2.45) is 4.99 Å². The molecule has 0 N–H and O–H groups in total. The lowest BCUT2D eigenvalue weighted by atomic mass is 9.88. The average molecular weight is 541 g/mol. The second-order valence-electron chi connectivity index (χ2n) is 11.0. The highest BCUT2D eigenvalue weighted by Gasteiger charge is 2.25. The van der Waals surface area contributed by atoms with Crippen LogP contribution in [0.3, 0.4) is 0 Å². The number of hydrogen-bond donors (Lipinski definition) is 0. The van der Waals surface area contributed by atoms with Gasteiger partial charge in [0.15, 0.2) is 0 Å². The van der Waals surface area contributed by atoms with E-state index in [2.05, 4.69) is 152 Å². The molecule has 0 unspecified atom stereocenters. The molecule has 6 aromatic carbocycles. The highest BCUT2D eigenvalue weighted by atomic mass is 15.2. The Kier molecular flexibility index (Phi) is 6.52. The quantitative estimate of drug-likeness (QED) is 0.199. The summed E-state index contributed by atoms with van der Waals surface area (Å²) in [5.41, 5.74) is 14.4. The Morgan fingerprint density at radius 2 is 1.29 bits per heavy atom. The fourth-order valence-corrected chi connectivity index (χ4v) is 6.17. The summed E-state index contributed by atoms with van der Waals surface area (Å²) >= 11 is 0. The van der Waals surface area contributed by atoms with Gasteiger partial charge in [-0.25, -0.2) is 0 Å². The van der Waals surface area contributed by atoms with Gasteiger partial charge in [0.1, 0.15) is 0 Å². The van der Waals surface area contributed by atoms with Crippen LogP contribution >= 0.6 is 0 Å². The molecule has 0 amide bonds. The van der Waals surface area contributed by atoms with Crippen molar-refractivity contribution in [1.82, 2.24) is 0 Å². The molecule has 0 spiro atoms. The first-order chi connectivity index (χ1) is 20.6. The number of nitrogens with zero attached hydrogens (tertiary/aromatic N) is 2.